The first-order valence-corrected chi connectivity index (χ1v) is 4.07. The van der Waals surface area contributed by atoms with Crippen LogP contribution in [0.3, 0.4) is 0 Å². The van der Waals surface area contributed by atoms with Crippen molar-refractivity contribution in [3.8, 4) is 6.07 Å². The molecule has 0 bridgehead atoms. The highest BCUT2D eigenvalue weighted by atomic mass is 15.1. The highest BCUT2D eigenvalue weighted by Gasteiger charge is 1.93. The van der Waals surface area contributed by atoms with Crippen molar-refractivity contribution in [1.82, 2.24) is 0 Å². The molecule has 2 nitrogen and oxygen atoms in total. The molecule has 0 saturated carbocycles. The molecule has 0 atom stereocenters. The summed E-state index contributed by atoms with van der Waals surface area (Å²) in [6.07, 6.45) is 3.28. The van der Waals surface area contributed by atoms with Crippen LogP contribution in [-0.4, -0.2) is 14.1 Å². The van der Waals surface area contributed by atoms with Gasteiger partial charge in [0.2, 0.25) is 0 Å². The van der Waals surface area contributed by atoms with Gasteiger partial charge in [-0.15, -0.1) is 0 Å². The van der Waals surface area contributed by atoms with Crippen molar-refractivity contribution in [3.63, 3.8) is 0 Å². The molecule has 0 N–H and O–H groups in total. The highest BCUT2D eigenvalue weighted by Crippen LogP contribution is 2.14. The molecule has 1 aromatic carbocycles. The third-order valence-electron chi connectivity index (χ3n) is 1.74. The molecule has 0 aliphatic carbocycles. The molecule has 0 radical (unpaired) electrons. The Morgan fingerprint density at radius 1 is 1.38 bits per heavy atom. The first-order chi connectivity index (χ1) is 6.24. The van der Waals surface area contributed by atoms with Gasteiger partial charge in [0.25, 0.3) is 0 Å². The predicted octanol–water partition coefficient (Wildman–Crippen LogP) is 2.29. The average Bonchev–Trinajstić information content (AvgIpc) is 2.15. The van der Waals surface area contributed by atoms with Gasteiger partial charge in [0.15, 0.2) is 0 Å². The van der Waals surface area contributed by atoms with E-state index in [1.54, 1.807) is 6.08 Å². The molecule has 0 aliphatic rings. The Bertz CT molecular complexity index is 345. The van der Waals surface area contributed by atoms with Crippen molar-refractivity contribution in [2.45, 2.75) is 0 Å². The second-order valence-electron chi connectivity index (χ2n) is 2.95. The number of rotatable bonds is 2. The molecule has 1 aromatic rings. The Balaban J connectivity index is 2.93. The molecule has 0 unspecified atom stereocenters. The van der Waals surface area contributed by atoms with Crippen LogP contribution in [0.25, 0.3) is 6.08 Å². The fourth-order valence-corrected chi connectivity index (χ4v) is 1.04. The molecule has 0 aliphatic heterocycles. The summed E-state index contributed by atoms with van der Waals surface area (Å²) < 4.78 is 0. The lowest BCUT2D eigenvalue weighted by Crippen LogP contribution is -2.08. The van der Waals surface area contributed by atoms with E-state index in [4.69, 9.17) is 5.26 Å². The van der Waals surface area contributed by atoms with Crippen molar-refractivity contribution in [1.29, 1.82) is 5.26 Å². The molecular formula is C11H12N2. The monoisotopic (exact) mass is 172 g/mol. The van der Waals surface area contributed by atoms with E-state index in [-0.39, 0.29) is 0 Å². The first-order valence-electron chi connectivity index (χ1n) is 4.07. The van der Waals surface area contributed by atoms with Gasteiger partial charge < -0.3 is 4.90 Å². The van der Waals surface area contributed by atoms with E-state index < -0.39 is 0 Å². The number of hydrogen-bond acceptors (Lipinski definition) is 2. The van der Waals surface area contributed by atoms with E-state index in [0.717, 1.165) is 11.3 Å². The van der Waals surface area contributed by atoms with E-state index >= 15 is 0 Å². The van der Waals surface area contributed by atoms with E-state index in [2.05, 4.69) is 0 Å². The number of nitriles is 1. The molecule has 0 amide bonds. The number of nitrogens with zero attached hydrogens (tertiary/aromatic N) is 2. The minimum absolute atomic E-state index is 1.05. The molecular weight excluding hydrogens is 160 g/mol. The topological polar surface area (TPSA) is 27.0 Å². The lowest BCUT2D eigenvalue weighted by atomic mass is 10.2. The molecule has 13 heavy (non-hydrogen) atoms. The van der Waals surface area contributed by atoms with Gasteiger partial charge in [-0.05, 0) is 23.8 Å². The maximum absolute atomic E-state index is 8.36. The van der Waals surface area contributed by atoms with Gasteiger partial charge in [-0.25, -0.2) is 0 Å². The van der Waals surface area contributed by atoms with E-state index in [9.17, 15) is 0 Å². The minimum Gasteiger partial charge on any atom is -0.378 e. The molecule has 0 fully saturated rings. The second-order valence-corrected chi connectivity index (χ2v) is 2.95. The van der Waals surface area contributed by atoms with E-state index in [1.807, 2.05) is 49.3 Å². The van der Waals surface area contributed by atoms with Crippen molar-refractivity contribution < 1.29 is 0 Å². The predicted molar refractivity (Wildman–Crippen MR) is 55.4 cm³/mol. The smallest absolute Gasteiger partial charge is 0.0912 e. The zero-order valence-corrected chi connectivity index (χ0v) is 7.86. The Morgan fingerprint density at radius 3 is 2.77 bits per heavy atom. The summed E-state index contributed by atoms with van der Waals surface area (Å²) in [6.45, 7) is 0. The van der Waals surface area contributed by atoms with Gasteiger partial charge in [0, 0.05) is 25.9 Å². The Hall–Kier alpha value is -1.75. The minimum atomic E-state index is 1.05. The van der Waals surface area contributed by atoms with Gasteiger partial charge in [-0.2, -0.15) is 5.26 Å². The van der Waals surface area contributed by atoms with Gasteiger partial charge in [0.05, 0.1) is 6.07 Å². The summed E-state index contributed by atoms with van der Waals surface area (Å²) in [4.78, 5) is 2.03. The zero-order chi connectivity index (χ0) is 9.68. The van der Waals surface area contributed by atoms with Crippen molar-refractivity contribution >= 4 is 11.8 Å². The summed E-state index contributed by atoms with van der Waals surface area (Å²) >= 11 is 0. The standard InChI is InChI=1S/C11H12N2/c1-13(2)11-7-3-5-10(9-11)6-4-8-12/h3-7,9H,1-2H3. The number of anilines is 1. The Kier molecular flexibility index (Phi) is 3.10. The van der Waals surface area contributed by atoms with Gasteiger partial charge in [0.1, 0.15) is 0 Å². The van der Waals surface area contributed by atoms with Crippen LogP contribution >= 0.6 is 0 Å². The van der Waals surface area contributed by atoms with Gasteiger partial charge in [-0.3, -0.25) is 0 Å². The van der Waals surface area contributed by atoms with Crippen LogP contribution in [0.5, 0.6) is 0 Å². The maximum atomic E-state index is 8.36. The Labute approximate surface area is 78.7 Å². The van der Waals surface area contributed by atoms with E-state index in [1.165, 1.54) is 6.08 Å². The van der Waals surface area contributed by atoms with Gasteiger partial charge >= 0.3 is 0 Å². The lowest BCUT2D eigenvalue weighted by Gasteiger charge is -2.12. The van der Waals surface area contributed by atoms with Crippen LogP contribution in [0.1, 0.15) is 5.56 Å². The molecule has 2 heteroatoms. The molecule has 0 spiro atoms. The van der Waals surface area contributed by atoms with Crippen LogP contribution in [0.4, 0.5) is 5.69 Å². The van der Waals surface area contributed by atoms with Gasteiger partial charge in [-0.1, -0.05) is 12.1 Å². The van der Waals surface area contributed by atoms with E-state index in [0.29, 0.717) is 0 Å². The normalized spacial score (nSPS) is 9.92. The Morgan fingerprint density at radius 2 is 2.15 bits per heavy atom. The van der Waals surface area contributed by atoms with Crippen molar-refractivity contribution in [2.75, 3.05) is 19.0 Å². The maximum Gasteiger partial charge on any atom is 0.0912 e. The van der Waals surface area contributed by atoms with Crippen molar-refractivity contribution in [2.24, 2.45) is 0 Å². The quantitative estimate of drug-likeness (QED) is 0.640. The largest absolute Gasteiger partial charge is 0.378 e. The number of benzene rings is 1. The second kappa shape index (κ2) is 4.32. The molecule has 0 heterocycles. The SMILES string of the molecule is CN(C)c1cccc(C=CC#N)c1. The molecule has 1 rings (SSSR count). The highest BCUT2D eigenvalue weighted by molar-refractivity contribution is 5.59. The number of allylic oxidation sites excluding steroid dienone is 1. The van der Waals surface area contributed by atoms with Crippen LogP contribution < -0.4 is 4.90 Å². The first kappa shape index (κ1) is 9.34. The summed E-state index contributed by atoms with van der Waals surface area (Å²) in [6, 6.07) is 9.99. The lowest BCUT2D eigenvalue weighted by molar-refractivity contribution is 1.13. The van der Waals surface area contributed by atoms with Crippen LogP contribution in [0.2, 0.25) is 0 Å². The fraction of sp³-hybridized carbons (Fsp3) is 0.182. The van der Waals surface area contributed by atoms with Crippen molar-refractivity contribution in [3.05, 3.63) is 35.9 Å². The summed E-state index contributed by atoms with van der Waals surface area (Å²) in [5.41, 5.74) is 2.19. The average molecular weight is 172 g/mol. The third kappa shape index (κ3) is 2.64. The molecule has 0 aromatic heterocycles. The van der Waals surface area contributed by atoms with Crippen LogP contribution in [0.15, 0.2) is 30.3 Å². The molecule has 66 valence electrons. The summed E-state index contributed by atoms with van der Waals surface area (Å²) in [5.74, 6) is 0. The number of hydrogen-bond donors (Lipinski definition) is 0. The summed E-state index contributed by atoms with van der Waals surface area (Å²) in [7, 11) is 3.99. The fourth-order valence-electron chi connectivity index (χ4n) is 1.04. The van der Waals surface area contributed by atoms with Crippen LogP contribution in [0, 0.1) is 11.3 Å². The zero-order valence-electron chi connectivity index (χ0n) is 7.86. The molecule has 0 saturated heterocycles. The third-order valence-corrected chi connectivity index (χ3v) is 1.74. The summed E-state index contributed by atoms with van der Waals surface area (Å²) in [5, 5.41) is 8.36. The van der Waals surface area contributed by atoms with Crippen LogP contribution in [-0.2, 0) is 0 Å².